The molecule has 0 unspecified atom stereocenters. The van der Waals surface area contributed by atoms with Gasteiger partial charge in [-0.3, -0.25) is 0 Å². The highest BCUT2D eigenvalue weighted by atomic mass is 14.2. The first-order chi connectivity index (χ1) is 8.76. The summed E-state index contributed by atoms with van der Waals surface area (Å²) in [6.45, 7) is 19.5. The molecule has 1 heteroatoms. The zero-order chi connectivity index (χ0) is 14.6. The van der Waals surface area contributed by atoms with Gasteiger partial charge in [0.1, 0.15) is 0 Å². The average Bonchev–Trinajstić information content (AvgIpc) is 2.50. The van der Waals surface area contributed by atoms with Gasteiger partial charge in [-0.15, -0.1) is 13.2 Å². The molecule has 0 aliphatic rings. The maximum atomic E-state index is 7.51. The molecule has 0 bridgehead atoms. The van der Waals surface area contributed by atoms with Crippen molar-refractivity contribution in [3.05, 3.63) is 93.6 Å². The van der Waals surface area contributed by atoms with Crippen LogP contribution in [0, 0.1) is 11.3 Å². The van der Waals surface area contributed by atoms with Gasteiger partial charge in [-0.1, -0.05) is 74.9 Å². The van der Waals surface area contributed by atoms with E-state index < -0.39 is 0 Å². The van der Waals surface area contributed by atoms with E-state index in [0.29, 0.717) is 0 Å². The van der Waals surface area contributed by atoms with Gasteiger partial charge in [0.15, 0.2) is 0 Å². The van der Waals surface area contributed by atoms with Crippen LogP contribution in [0.3, 0.4) is 0 Å². The van der Waals surface area contributed by atoms with Crippen LogP contribution in [0.4, 0.5) is 0 Å². The number of nitriles is 1. The molecule has 1 rings (SSSR count). The van der Waals surface area contributed by atoms with E-state index in [2.05, 4.69) is 39.5 Å². The van der Waals surface area contributed by atoms with Gasteiger partial charge in [0.05, 0.1) is 6.07 Å². The summed E-state index contributed by atoms with van der Waals surface area (Å²) >= 11 is 0. The van der Waals surface area contributed by atoms with Crippen molar-refractivity contribution >= 4 is 6.08 Å². The van der Waals surface area contributed by atoms with Crippen LogP contribution in [-0.4, -0.2) is 0 Å². The summed E-state index contributed by atoms with van der Waals surface area (Å²) in [6, 6.07) is 11.7. The summed E-state index contributed by atoms with van der Waals surface area (Å²) in [5.41, 5.74) is 1.17. The molecule has 0 aliphatic carbocycles. The van der Waals surface area contributed by atoms with E-state index >= 15 is 0 Å². The molecule has 0 fully saturated rings. The van der Waals surface area contributed by atoms with Gasteiger partial charge in [0, 0.05) is 6.08 Å². The fourth-order valence-corrected chi connectivity index (χ4v) is 0.589. The van der Waals surface area contributed by atoms with Crippen molar-refractivity contribution in [2.24, 2.45) is 0 Å². The first kappa shape index (κ1) is 20.8. The highest BCUT2D eigenvalue weighted by Gasteiger charge is 1.75. The molecule has 0 N–H and O–H groups in total. The summed E-state index contributed by atoms with van der Waals surface area (Å²) in [7, 11) is 0. The second-order valence-corrected chi connectivity index (χ2v) is 2.42. The molecule has 18 heavy (non-hydrogen) atoms. The molecule has 0 atom stereocenters. The number of hydrogen-bond acceptors (Lipinski definition) is 1. The smallest absolute Gasteiger partial charge is 0.0905 e. The number of nitrogens with zero attached hydrogens (tertiary/aromatic N) is 1. The predicted octanol–water partition coefficient (Wildman–Crippen LogP) is 5.19. The van der Waals surface area contributed by atoms with Crippen LogP contribution in [0.2, 0.25) is 0 Å². The molecule has 1 nitrogen and oxygen atoms in total. The lowest BCUT2D eigenvalue weighted by molar-refractivity contribution is 1.54. The summed E-state index contributed by atoms with van der Waals surface area (Å²) < 4.78 is 0. The highest BCUT2D eigenvalue weighted by molar-refractivity contribution is 5.45. The van der Waals surface area contributed by atoms with E-state index in [-0.39, 0.29) is 0 Å². The second kappa shape index (κ2) is 23.9. The Bertz CT molecular complexity index is 349. The van der Waals surface area contributed by atoms with Gasteiger partial charge in [0.25, 0.3) is 0 Å². The van der Waals surface area contributed by atoms with Crippen LogP contribution in [0.5, 0.6) is 0 Å². The van der Waals surface area contributed by atoms with E-state index in [1.54, 1.807) is 18.2 Å². The largest absolute Gasteiger partial charge is 0.193 e. The Morgan fingerprint density at radius 3 is 1.44 bits per heavy atom. The molecule has 0 saturated carbocycles. The van der Waals surface area contributed by atoms with Gasteiger partial charge in [-0.05, 0) is 5.56 Å². The van der Waals surface area contributed by atoms with Crippen molar-refractivity contribution in [3.8, 4) is 6.07 Å². The lowest BCUT2D eigenvalue weighted by atomic mass is 10.2. The first-order valence-electron chi connectivity index (χ1n) is 5.18. The average molecular weight is 239 g/mol. The van der Waals surface area contributed by atoms with Gasteiger partial charge in [-0.2, -0.15) is 5.26 Å². The monoisotopic (exact) mass is 239 g/mol. The van der Waals surface area contributed by atoms with E-state index in [4.69, 9.17) is 5.26 Å². The maximum absolute atomic E-state index is 7.51. The number of allylic oxidation sites excluding steroid dienone is 3. The maximum Gasteiger partial charge on any atom is 0.0905 e. The van der Waals surface area contributed by atoms with Crippen molar-refractivity contribution in [1.29, 1.82) is 5.26 Å². The topological polar surface area (TPSA) is 23.8 Å². The minimum absolute atomic E-state index is 1.17. The SMILES string of the molecule is C=C.C=CC#N.C=CC=C.C=Cc1ccccc1. The Morgan fingerprint density at radius 2 is 1.28 bits per heavy atom. The van der Waals surface area contributed by atoms with Crippen molar-refractivity contribution in [2.75, 3.05) is 0 Å². The fraction of sp³-hybridized carbons (Fsp3) is 0. The molecule has 0 amide bonds. The Labute approximate surface area is 111 Å². The molecular formula is C17H21N. The van der Waals surface area contributed by atoms with Crippen LogP contribution in [0.15, 0.2) is 88.0 Å². The predicted molar refractivity (Wildman–Crippen MR) is 84.0 cm³/mol. The lowest BCUT2D eigenvalue weighted by Crippen LogP contribution is -1.63. The standard InChI is InChI=1S/C8H8.C4H6.C3H3N.C2H4/c1-2-8-6-4-3-5-7-8;1-3-4-2;1-2-3-4;1-2/h2-7H,1H2;3-4H,1-2H2;2H,1H2;1-2H2. The molecule has 1 aromatic carbocycles. The Hall–Kier alpha value is -2.59. The number of benzene rings is 1. The quantitative estimate of drug-likeness (QED) is 0.396. The van der Waals surface area contributed by atoms with E-state index in [1.165, 1.54) is 11.6 Å². The summed E-state index contributed by atoms with van der Waals surface area (Å²) in [5, 5.41) is 7.51. The molecule has 0 radical (unpaired) electrons. The van der Waals surface area contributed by atoms with Crippen molar-refractivity contribution in [2.45, 2.75) is 0 Å². The molecule has 94 valence electrons. The second-order valence-electron chi connectivity index (χ2n) is 2.42. The van der Waals surface area contributed by atoms with Gasteiger partial charge < -0.3 is 0 Å². The fourth-order valence-electron chi connectivity index (χ4n) is 0.589. The molecule has 0 spiro atoms. The Morgan fingerprint density at radius 1 is 0.889 bits per heavy atom. The van der Waals surface area contributed by atoms with E-state index in [0.717, 1.165) is 0 Å². The third kappa shape index (κ3) is 23.3. The van der Waals surface area contributed by atoms with Gasteiger partial charge in [-0.25, -0.2) is 0 Å². The molecule has 0 heterocycles. The highest BCUT2D eigenvalue weighted by Crippen LogP contribution is 1.97. The summed E-state index contributed by atoms with van der Waals surface area (Å²) in [6.07, 6.45) is 6.29. The molecule has 0 aliphatic heterocycles. The normalized spacial score (nSPS) is 5.94. The minimum Gasteiger partial charge on any atom is -0.193 e. The third-order valence-corrected chi connectivity index (χ3v) is 1.29. The van der Waals surface area contributed by atoms with Crippen molar-refractivity contribution in [1.82, 2.24) is 0 Å². The van der Waals surface area contributed by atoms with Crippen LogP contribution >= 0.6 is 0 Å². The van der Waals surface area contributed by atoms with Crippen LogP contribution in [0.25, 0.3) is 6.08 Å². The van der Waals surface area contributed by atoms with Gasteiger partial charge >= 0.3 is 0 Å². The minimum atomic E-state index is 1.17. The number of hydrogen-bond donors (Lipinski definition) is 0. The van der Waals surface area contributed by atoms with Crippen LogP contribution < -0.4 is 0 Å². The third-order valence-electron chi connectivity index (χ3n) is 1.29. The molecule has 0 aromatic heterocycles. The van der Waals surface area contributed by atoms with E-state index in [1.807, 2.05) is 36.4 Å². The molecule has 0 saturated heterocycles. The molecule has 1 aromatic rings. The van der Waals surface area contributed by atoms with Crippen LogP contribution in [-0.2, 0) is 0 Å². The zero-order valence-corrected chi connectivity index (χ0v) is 10.9. The number of rotatable bonds is 2. The first-order valence-corrected chi connectivity index (χ1v) is 5.18. The van der Waals surface area contributed by atoms with Crippen molar-refractivity contribution < 1.29 is 0 Å². The van der Waals surface area contributed by atoms with Crippen LogP contribution in [0.1, 0.15) is 5.56 Å². The van der Waals surface area contributed by atoms with E-state index in [9.17, 15) is 0 Å². The summed E-state index contributed by atoms with van der Waals surface area (Å²) in [5.74, 6) is 0. The summed E-state index contributed by atoms with van der Waals surface area (Å²) in [4.78, 5) is 0. The van der Waals surface area contributed by atoms with Crippen molar-refractivity contribution in [3.63, 3.8) is 0 Å². The molecular weight excluding hydrogens is 218 g/mol. The zero-order valence-electron chi connectivity index (χ0n) is 10.9. The lowest BCUT2D eigenvalue weighted by Gasteiger charge is -1.85. The Balaban J connectivity index is -0.000000194. The Kier molecular flexibility index (Phi) is 27.6. The van der Waals surface area contributed by atoms with Gasteiger partial charge in [0.2, 0.25) is 0 Å².